The molecule has 0 saturated heterocycles. The van der Waals surface area contributed by atoms with Gasteiger partial charge in [0.15, 0.2) is 0 Å². The second-order valence-electron chi connectivity index (χ2n) is 2.96. The van der Waals surface area contributed by atoms with Crippen LogP contribution in [0.2, 0.25) is 0 Å². The number of rotatable bonds is 1. The molecule has 0 spiro atoms. The average Bonchev–Trinajstić information content (AvgIpc) is 2.64. The van der Waals surface area contributed by atoms with E-state index in [1.165, 1.54) is 0 Å². The Morgan fingerprint density at radius 2 is 2.20 bits per heavy atom. The number of anilines is 1. The van der Waals surface area contributed by atoms with Crippen LogP contribution in [-0.4, -0.2) is 9.78 Å². The second kappa shape index (κ2) is 3.75. The lowest BCUT2D eigenvalue weighted by Gasteiger charge is -2.03. The summed E-state index contributed by atoms with van der Waals surface area (Å²) >= 11 is 3.38. The van der Waals surface area contributed by atoms with Gasteiger partial charge in [-0.05, 0) is 34.1 Å². The Morgan fingerprint density at radius 3 is 2.73 bits per heavy atom. The van der Waals surface area contributed by atoms with Crippen molar-refractivity contribution in [1.29, 1.82) is 5.26 Å². The van der Waals surface area contributed by atoms with Gasteiger partial charge in [-0.15, -0.1) is 0 Å². The zero-order chi connectivity index (χ0) is 10.8. The first-order valence-electron chi connectivity index (χ1n) is 4.22. The molecular formula is C10H7BrN4. The molecule has 0 atom stereocenters. The van der Waals surface area contributed by atoms with Gasteiger partial charge in [0, 0.05) is 16.7 Å². The van der Waals surface area contributed by atoms with E-state index in [1.54, 1.807) is 29.1 Å². The molecule has 2 N–H and O–H groups in total. The average molecular weight is 263 g/mol. The summed E-state index contributed by atoms with van der Waals surface area (Å²) in [6.07, 6.45) is 1.77. The minimum atomic E-state index is 0.464. The molecule has 0 unspecified atom stereocenters. The van der Waals surface area contributed by atoms with E-state index in [2.05, 4.69) is 27.1 Å². The van der Waals surface area contributed by atoms with Crippen molar-refractivity contribution >= 4 is 21.7 Å². The Bertz CT molecular complexity index is 539. The summed E-state index contributed by atoms with van der Waals surface area (Å²) in [5.74, 6) is 0.464. The van der Waals surface area contributed by atoms with E-state index >= 15 is 0 Å². The molecular weight excluding hydrogens is 256 g/mol. The van der Waals surface area contributed by atoms with Crippen molar-refractivity contribution < 1.29 is 0 Å². The molecule has 5 heteroatoms. The van der Waals surface area contributed by atoms with E-state index in [-0.39, 0.29) is 0 Å². The quantitative estimate of drug-likeness (QED) is 0.856. The van der Waals surface area contributed by atoms with Crippen LogP contribution < -0.4 is 5.73 Å². The number of hydrogen-bond acceptors (Lipinski definition) is 3. The highest BCUT2D eigenvalue weighted by Gasteiger charge is 2.04. The SMILES string of the molecule is N#Cc1ccc(-n2ccc(N)n2)c(Br)c1. The summed E-state index contributed by atoms with van der Waals surface area (Å²) < 4.78 is 2.46. The van der Waals surface area contributed by atoms with Crippen molar-refractivity contribution in [2.75, 3.05) is 5.73 Å². The van der Waals surface area contributed by atoms with Crippen LogP contribution in [0, 0.1) is 11.3 Å². The van der Waals surface area contributed by atoms with E-state index < -0.39 is 0 Å². The number of benzene rings is 1. The van der Waals surface area contributed by atoms with Gasteiger partial charge in [-0.1, -0.05) is 0 Å². The molecule has 0 bridgehead atoms. The zero-order valence-electron chi connectivity index (χ0n) is 7.68. The maximum absolute atomic E-state index is 8.71. The molecule has 74 valence electrons. The highest BCUT2D eigenvalue weighted by atomic mass is 79.9. The van der Waals surface area contributed by atoms with Crippen LogP contribution >= 0.6 is 15.9 Å². The summed E-state index contributed by atoms with van der Waals surface area (Å²) in [4.78, 5) is 0. The maximum Gasteiger partial charge on any atom is 0.145 e. The fourth-order valence-corrected chi connectivity index (χ4v) is 1.79. The molecule has 1 aromatic carbocycles. The third kappa shape index (κ3) is 1.85. The lowest BCUT2D eigenvalue weighted by molar-refractivity contribution is 0.881. The van der Waals surface area contributed by atoms with Gasteiger partial charge in [-0.3, -0.25) is 0 Å². The van der Waals surface area contributed by atoms with Crippen LogP contribution in [-0.2, 0) is 0 Å². The topological polar surface area (TPSA) is 67.6 Å². The van der Waals surface area contributed by atoms with Crippen molar-refractivity contribution in [3.8, 4) is 11.8 Å². The van der Waals surface area contributed by atoms with E-state index in [0.29, 0.717) is 11.4 Å². The summed E-state index contributed by atoms with van der Waals surface area (Å²) in [6, 6.07) is 9.07. The van der Waals surface area contributed by atoms with Crippen LogP contribution in [0.3, 0.4) is 0 Å². The van der Waals surface area contributed by atoms with Gasteiger partial charge in [-0.2, -0.15) is 10.4 Å². The number of nitriles is 1. The molecule has 1 aromatic heterocycles. The van der Waals surface area contributed by atoms with Crippen molar-refractivity contribution in [1.82, 2.24) is 9.78 Å². The van der Waals surface area contributed by atoms with Gasteiger partial charge in [-0.25, -0.2) is 4.68 Å². The van der Waals surface area contributed by atoms with Crippen molar-refractivity contribution in [2.45, 2.75) is 0 Å². The Morgan fingerprint density at radius 1 is 1.40 bits per heavy atom. The Balaban J connectivity index is 2.51. The summed E-state index contributed by atoms with van der Waals surface area (Å²) in [7, 11) is 0. The standard InChI is InChI=1S/C10H7BrN4/c11-8-5-7(6-12)1-2-9(8)15-4-3-10(13)14-15/h1-5H,(H2,13,14). The molecule has 2 rings (SSSR count). The molecule has 0 aliphatic heterocycles. The van der Waals surface area contributed by atoms with Crippen molar-refractivity contribution in [3.63, 3.8) is 0 Å². The van der Waals surface area contributed by atoms with Gasteiger partial charge in [0.1, 0.15) is 5.82 Å². The summed E-state index contributed by atoms with van der Waals surface area (Å²) in [6.45, 7) is 0. The fourth-order valence-electron chi connectivity index (χ4n) is 1.23. The van der Waals surface area contributed by atoms with Gasteiger partial charge in [0.25, 0.3) is 0 Å². The number of nitrogens with two attached hydrogens (primary N) is 1. The molecule has 0 aliphatic carbocycles. The first kappa shape index (κ1) is 9.74. The molecule has 0 amide bonds. The van der Waals surface area contributed by atoms with Gasteiger partial charge >= 0.3 is 0 Å². The van der Waals surface area contributed by atoms with Gasteiger partial charge in [0.2, 0.25) is 0 Å². The van der Waals surface area contributed by atoms with Crippen LogP contribution in [0.4, 0.5) is 5.82 Å². The number of nitrogens with zero attached hydrogens (tertiary/aromatic N) is 3. The van der Waals surface area contributed by atoms with E-state index in [0.717, 1.165) is 10.2 Å². The predicted molar refractivity (Wildman–Crippen MR) is 60.4 cm³/mol. The Hall–Kier alpha value is -1.80. The number of hydrogen-bond donors (Lipinski definition) is 1. The third-order valence-electron chi connectivity index (χ3n) is 1.93. The molecule has 0 fully saturated rings. The molecule has 2 aromatic rings. The number of halogens is 1. The largest absolute Gasteiger partial charge is 0.382 e. The van der Waals surface area contributed by atoms with Crippen LogP contribution in [0.1, 0.15) is 5.56 Å². The smallest absolute Gasteiger partial charge is 0.145 e. The Labute approximate surface area is 95.1 Å². The van der Waals surface area contributed by atoms with Crippen LogP contribution in [0.25, 0.3) is 5.69 Å². The predicted octanol–water partition coefficient (Wildman–Crippen LogP) is 2.09. The highest BCUT2D eigenvalue weighted by Crippen LogP contribution is 2.22. The molecule has 15 heavy (non-hydrogen) atoms. The van der Waals surface area contributed by atoms with Gasteiger partial charge < -0.3 is 5.73 Å². The second-order valence-corrected chi connectivity index (χ2v) is 3.82. The highest BCUT2D eigenvalue weighted by molar-refractivity contribution is 9.10. The fraction of sp³-hybridized carbons (Fsp3) is 0. The molecule has 4 nitrogen and oxygen atoms in total. The zero-order valence-corrected chi connectivity index (χ0v) is 9.27. The molecule has 0 saturated carbocycles. The van der Waals surface area contributed by atoms with Crippen molar-refractivity contribution in [2.24, 2.45) is 0 Å². The lowest BCUT2D eigenvalue weighted by atomic mass is 10.2. The van der Waals surface area contributed by atoms with Gasteiger partial charge in [0.05, 0.1) is 17.3 Å². The summed E-state index contributed by atoms with van der Waals surface area (Å²) in [5.41, 5.74) is 6.98. The monoisotopic (exact) mass is 262 g/mol. The first-order chi connectivity index (χ1) is 7.20. The maximum atomic E-state index is 8.71. The van der Waals surface area contributed by atoms with Crippen molar-refractivity contribution in [3.05, 3.63) is 40.5 Å². The van der Waals surface area contributed by atoms with Crippen LogP contribution in [0.15, 0.2) is 34.9 Å². The van der Waals surface area contributed by atoms with Crippen LogP contribution in [0.5, 0.6) is 0 Å². The summed E-state index contributed by atoms with van der Waals surface area (Å²) in [5, 5.41) is 12.8. The van der Waals surface area contributed by atoms with E-state index in [4.69, 9.17) is 11.0 Å². The number of aromatic nitrogens is 2. The minimum Gasteiger partial charge on any atom is -0.382 e. The molecule has 0 radical (unpaired) electrons. The normalized spacial score (nSPS) is 9.87. The molecule has 1 heterocycles. The van der Waals surface area contributed by atoms with E-state index in [9.17, 15) is 0 Å². The van der Waals surface area contributed by atoms with E-state index in [1.807, 2.05) is 6.07 Å². The lowest BCUT2D eigenvalue weighted by Crippen LogP contribution is -1.97. The molecule has 0 aliphatic rings. The Kier molecular flexibility index (Phi) is 2.44. The number of nitrogen functional groups attached to an aromatic ring is 1. The minimum absolute atomic E-state index is 0.464. The first-order valence-corrected chi connectivity index (χ1v) is 5.01. The third-order valence-corrected chi connectivity index (χ3v) is 2.57.